The number of carbonyl (C=O) groups is 1. The summed E-state index contributed by atoms with van der Waals surface area (Å²) in [4.78, 5) is 13.7. The predicted octanol–water partition coefficient (Wildman–Crippen LogP) is 0.773. The van der Waals surface area contributed by atoms with Crippen LogP contribution in [0.15, 0.2) is 18.2 Å². The third kappa shape index (κ3) is 2.02. The Balaban J connectivity index is 2.33. The second-order valence-corrected chi connectivity index (χ2v) is 3.96. The fourth-order valence-corrected chi connectivity index (χ4v) is 2.06. The summed E-state index contributed by atoms with van der Waals surface area (Å²) in [6, 6.07) is 4.83. The summed E-state index contributed by atoms with van der Waals surface area (Å²) in [7, 11) is 0. The molecule has 0 aromatic heterocycles. The van der Waals surface area contributed by atoms with Crippen molar-refractivity contribution in [3.63, 3.8) is 0 Å². The van der Waals surface area contributed by atoms with Crippen molar-refractivity contribution in [3.05, 3.63) is 29.3 Å². The molecule has 1 aliphatic heterocycles. The fraction of sp³-hybridized carbons (Fsp3) is 0.417. The average molecular weight is 221 g/mol. The Labute approximate surface area is 94.1 Å². The Hall–Kier alpha value is -1.55. The first-order valence-corrected chi connectivity index (χ1v) is 5.44. The number of aromatic hydroxyl groups is 1. The number of phenols is 1. The Morgan fingerprint density at radius 3 is 2.94 bits per heavy atom. The minimum absolute atomic E-state index is 0.0147. The van der Waals surface area contributed by atoms with E-state index in [9.17, 15) is 9.90 Å². The highest BCUT2D eigenvalue weighted by molar-refractivity contribution is 5.96. The lowest BCUT2D eigenvalue weighted by atomic mass is 10.0. The molecule has 0 atom stereocenters. The molecule has 0 bridgehead atoms. The number of hydrogen-bond acceptors (Lipinski definition) is 3. The van der Waals surface area contributed by atoms with Crippen molar-refractivity contribution in [3.8, 4) is 5.75 Å². The monoisotopic (exact) mass is 221 g/mol. The minimum atomic E-state index is -0.0541. The number of nitrogens with zero attached hydrogens (tertiary/aromatic N) is 1. The molecule has 4 nitrogen and oxygen atoms in total. The quantitative estimate of drug-likeness (QED) is 0.775. The lowest BCUT2D eigenvalue weighted by molar-refractivity contribution is 0.0727. The van der Waals surface area contributed by atoms with Crippen LogP contribution in [0.2, 0.25) is 0 Å². The molecule has 0 radical (unpaired) electrons. The summed E-state index contributed by atoms with van der Waals surface area (Å²) >= 11 is 0. The molecule has 16 heavy (non-hydrogen) atoms. The van der Waals surface area contributed by atoms with Crippen molar-refractivity contribution in [1.82, 2.24) is 4.90 Å². The predicted molar refractivity (Wildman–Crippen MR) is 59.4 cm³/mol. The van der Waals surface area contributed by atoms with Crippen LogP contribution < -0.4 is 0 Å². The van der Waals surface area contributed by atoms with Crippen LogP contribution in [0.1, 0.15) is 22.3 Å². The summed E-state index contributed by atoms with van der Waals surface area (Å²) in [6.07, 6.45) is 1.65. The van der Waals surface area contributed by atoms with E-state index < -0.39 is 0 Å². The SMILES string of the molecule is O=C1c2ccc(O)cc2CCCN1CCO. The number of aliphatic hydroxyl groups excluding tert-OH is 1. The van der Waals surface area contributed by atoms with Gasteiger partial charge < -0.3 is 15.1 Å². The molecule has 1 aromatic carbocycles. The molecule has 86 valence electrons. The third-order valence-electron chi connectivity index (χ3n) is 2.85. The summed E-state index contributed by atoms with van der Waals surface area (Å²) in [6.45, 7) is 1.02. The molecule has 0 aliphatic carbocycles. The number of carbonyl (C=O) groups excluding carboxylic acids is 1. The molecule has 0 saturated carbocycles. The molecular weight excluding hydrogens is 206 g/mol. The number of aliphatic hydroxyl groups is 1. The molecule has 4 heteroatoms. The van der Waals surface area contributed by atoms with Crippen LogP contribution in [0.25, 0.3) is 0 Å². The number of rotatable bonds is 2. The van der Waals surface area contributed by atoms with E-state index in [0.29, 0.717) is 18.7 Å². The van der Waals surface area contributed by atoms with Crippen molar-refractivity contribution in [1.29, 1.82) is 0 Å². The first-order valence-electron chi connectivity index (χ1n) is 5.44. The largest absolute Gasteiger partial charge is 0.508 e. The maximum absolute atomic E-state index is 12.1. The number of phenolic OH excluding ortho intramolecular Hbond substituents is 1. The smallest absolute Gasteiger partial charge is 0.254 e. The van der Waals surface area contributed by atoms with Gasteiger partial charge in [0.2, 0.25) is 0 Å². The van der Waals surface area contributed by atoms with Crippen LogP contribution >= 0.6 is 0 Å². The third-order valence-corrected chi connectivity index (χ3v) is 2.85. The molecule has 2 rings (SSSR count). The average Bonchev–Trinajstić information content (AvgIpc) is 2.40. The summed E-state index contributed by atoms with van der Waals surface area (Å²) < 4.78 is 0. The Kier molecular flexibility index (Phi) is 3.10. The van der Waals surface area contributed by atoms with Crippen LogP contribution in [0.4, 0.5) is 0 Å². The number of aryl methyl sites for hydroxylation is 1. The Morgan fingerprint density at radius 2 is 2.19 bits per heavy atom. The van der Waals surface area contributed by atoms with Crippen molar-refractivity contribution >= 4 is 5.91 Å². The highest BCUT2D eigenvalue weighted by Crippen LogP contribution is 2.22. The van der Waals surface area contributed by atoms with Crippen LogP contribution in [0.3, 0.4) is 0 Å². The Morgan fingerprint density at radius 1 is 1.38 bits per heavy atom. The van der Waals surface area contributed by atoms with E-state index >= 15 is 0 Å². The molecule has 1 amide bonds. The van der Waals surface area contributed by atoms with Gasteiger partial charge in [-0.1, -0.05) is 0 Å². The van der Waals surface area contributed by atoms with Gasteiger partial charge in [0.05, 0.1) is 6.61 Å². The first kappa shape index (κ1) is 11.0. The van der Waals surface area contributed by atoms with Gasteiger partial charge in [-0.3, -0.25) is 4.79 Å². The van der Waals surface area contributed by atoms with Gasteiger partial charge in [-0.2, -0.15) is 0 Å². The van der Waals surface area contributed by atoms with Gasteiger partial charge in [0.15, 0.2) is 0 Å². The van der Waals surface area contributed by atoms with Crippen LogP contribution in [0.5, 0.6) is 5.75 Å². The zero-order valence-corrected chi connectivity index (χ0v) is 9.02. The highest BCUT2D eigenvalue weighted by Gasteiger charge is 2.21. The van der Waals surface area contributed by atoms with Crippen molar-refractivity contribution in [2.24, 2.45) is 0 Å². The van der Waals surface area contributed by atoms with E-state index in [2.05, 4.69) is 0 Å². The van der Waals surface area contributed by atoms with Crippen molar-refractivity contribution in [2.45, 2.75) is 12.8 Å². The van der Waals surface area contributed by atoms with Crippen LogP contribution in [-0.2, 0) is 6.42 Å². The summed E-state index contributed by atoms with van der Waals surface area (Å²) in [5.41, 5.74) is 1.54. The van der Waals surface area contributed by atoms with E-state index in [1.165, 1.54) is 6.07 Å². The van der Waals surface area contributed by atoms with E-state index in [1.807, 2.05) is 0 Å². The maximum Gasteiger partial charge on any atom is 0.254 e. The molecule has 1 aromatic rings. The standard InChI is InChI=1S/C12H15NO3/c14-7-6-13-5-1-2-9-8-10(15)3-4-11(9)12(13)16/h3-4,8,14-15H,1-2,5-7H2. The van der Waals surface area contributed by atoms with E-state index in [1.54, 1.807) is 17.0 Å². The molecule has 0 fully saturated rings. The maximum atomic E-state index is 12.1. The number of fused-ring (bicyclic) bond motifs is 1. The fourth-order valence-electron chi connectivity index (χ4n) is 2.06. The topological polar surface area (TPSA) is 60.8 Å². The number of β-amino-alcohol motifs (C(OH)–C–C–N with tert-alkyl or cyclic N) is 1. The first-order chi connectivity index (χ1) is 7.72. The van der Waals surface area contributed by atoms with Crippen LogP contribution in [-0.4, -0.2) is 40.7 Å². The molecule has 0 saturated heterocycles. The van der Waals surface area contributed by atoms with Gasteiger partial charge in [-0.25, -0.2) is 0 Å². The van der Waals surface area contributed by atoms with E-state index in [4.69, 9.17) is 5.11 Å². The minimum Gasteiger partial charge on any atom is -0.508 e. The summed E-state index contributed by atoms with van der Waals surface area (Å²) in [5.74, 6) is 0.142. The lowest BCUT2D eigenvalue weighted by Crippen LogP contribution is -2.33. The zero-order chi connectivity index (χ0) is 11.5. The summed E-state index contributed by atoms with van der Waals surface area (Å²) in [5, 5.41) is 18.3. The number of hydrogen-bond donors (Lipinski definition) is 2. The van der Waals surface area contributed by atoms with Gasteiger partial charge in [-0.15, -0.1) is 0 Å². The molecular formula is C12H15NO3. The highest BCUT2D eigenvalue weighted by atomic mass is 16.3. The molecule has 1 aliphatic rings. The Bertz CT molecular complexity index is 403. The zero-order valence-electron chi connectivity index (χ0n) is 9.02. The lowest BCUT2D eigenvalue weighted by Gasteiger charge is -2.19. The van der Waals surface area contributed by atoms with Crippen molar-refractivity contribution < 1.29 is 15.0 Å². The van der Waals surface area contributed by atoms with Crippen LogP contribution in [0, 0.1) is 0 Å². The second kappa shape index (κ2) is 4.53. The van der Waals surface area contributed by atoms with Gasteiger partial charge in [0.1, 0.15) is 5.75 Å². The number of amides is 1. The molecule has 0 spiro atoms. The molecule has 2 N–H and O–H groups in total. The normalized spacial score (nSPS) is 15.8. The van der Waals surface area contributed by atoms with Crippen molar-refractivity contribution in [2.75, 3.05) is 19.7 Å². The van der Waals surface area contributed by atoms with E-state index in [-0.39, 0.29) is 18.3 Å². The molecule has 0 unspecified atom stereocenters. The van der Waals surface area contributed by atoms with E-state index in [0.717, 1.165) is 18.4 Å². The van der Waals surface area contributed by atoms with Gasteiger partial charge >= 0.3 is 0 Å². The number of benzene rings is 1. The van der Waals surface area contributed by atoms with Gasteiger partial charge in [0.25, 0.3) is 5.91 Å². The van der Waals surface area contributed by atoms with Gasteiger partial charge in [-0.05, 0) is 36.6 Å². The molecule has 1 heterocycles. The van der Waals surface area contributed by atoms with Gasteiger partial charge in [0, 0.05) is 18.7 Å². The second-order valence-electron chi connectivity index (χ2n) is 3.96.